The van der Waals surface area contributed by atoms with Gasteiger partial charge in [-0.1, -0.05) is 41.6 Å². The van der Waals surface area contributed by atoms with Crippen LogP contribution in [0.5, 0.6) is 0 Å². The SMILES string of the molecule is O=C1ON=C(c2cccs2)/C1=C/c1ccccc1. The van der Waals surface area contributed by atoms with Crippen LogP contribution in [0.15, 0.2) is 58.6 Å². The smallest absolute Gasteiger partial charge is 0.312 e. The van der Waals surface area contributed by atoms with E-state index in [1.807, 2.05) is 47.8 Å². The lowest BCUT2D eigenvalue weighted by atomic mass is 10.1. The van der Waals surface area contributed by atoms with Crippen molar-refractivity contribution in [1.82, 2.24) is 0 Å². The lowest BCUT2D eigenvalue weighted by molar-refractivity contribution is -0.136. The fourth-order valence-electron chi connectivity index (χ4n) is 1.72. The molecule has 3 rings (SSSR count). The largest absolute Gasteiger partial charge is 0.368 e. The van der Waals surface area contributed by atoms with Crippen LogP contribution in [0.1, 0.15) is 10.4 Å². The Hall–Kier alpha value is -2.20. The quantitative estimate of drug-likeness (QED) is 0.611. The third kappa shape index (κ3) is 1.98. The summed E-state index contributed by atoms with van der Waals surface area (Å²) in [6, 6.07) is 13.5. The summed E-state index contributed by atoms with van der Waals surface area (Å²) in [7, 11) is 0. The highest BCUT2D eigenvalue weighted by Crippen LogP contribution is 2.23. The van der Waals surface area contributed by atoms with Gasteiger partial charge in [-0.25, -0.2) is 4.79 Å². The second-order valence-corrected chi connectivity index (χ2v) is 4.71. The molecule has 0 fully saturated rings. The monoisotopic (exact) mass is 255 g/mol. The number of nitrogens with zero attached hydrogens (tertiary/aromatic N) is 1. The van der Waals surface area contributed by atoms with Crippen LogP contribution in [-0.2, 0) is 9.63 Å². The van der Waals surface area contributed by atoms with E-state index < -0.39 is 5.97 Å². The third-order valence-corrected chi connectivity index (χ3v) is 3.44. The van der Waals surface area contributed by atoms with E-state index in [1.54, 1.807) is 6.08 Å². The minimum atomic E-state index is -0.401. The van der Waals surface area contributed by atoms with E-state index in [-0.39, 0.29) is 0 Å². The van der Waals surface area contributed by atoms with Crippen molar-refractivity contribution in [3.63, 3.8) is 0 Å². The predicted octanol–water partition coefficient (Wildman–Crippen LogP) is 3.09. The molecule has 0 atom stereocenters. The molecule has 1 aromatic carbocycles. The van der Waals surface area contributed by atoms with Crippen molar-refractivity contribution in [2.75, 3.05) is 0 Å². The molecular weight excluding hydrogens is 246 g/mol. The summed E-state index contributed by atoms with van der Waals surface area (Å²) in [6.07, 6.45) is 1.80. The molecule has 0 N–H and O–H groups in total. The fraction of sp³-hybridized carbons (Fsp3) is 0. The lowest BCUT2D eigenvalue weighted by Gasteiger charge is -1.97. The van der Waals surface area contributed by atoms with Crippen LogP contribution < -0.4 is 0 Å². The molecule has 0 aliphatic carbocycles. The Balaban J connectivity index is 2.02. The molecule has 1 aliphatic rings. The van der Waals surface area contributed by atoms with Crippen molar-refractivity contribution in [2.45, 2.75) is 0 Å². The molecule has 88 valence electrons. The van der Waals surface area contributed by atoms with Gasteiger partial charge in [0.2, 0.25) is 0 Å². The average Bonchev–Trinajstić information content (AvgIpc) is 3.02. The maximum atomic E-state index is 11.7. The van der Waals surface area contributed by atoms with Crippen LogP contribution in [0, 0.1) is 0 Å². The van der Waals surface area contributed by atoms with E-state index >= 15 is 0 Å². The van der Waals surface area contributed by atoms with E-state index in [2.05, 4.69) is 5.16 Å². The highest BCUT2D eigenvalue weighted by atomic mass is 32.1. The standard InChI is InChI=1S/C14H9NO2S/c16-14-11(9-10-5-2-1-3-6-10)13(15-17-14)12-7-4-8-18-12/h1-9H/b11-9-. The zero-order valence-corrected chi connectivity index (χ0v) is 10.2. The number of thiophene rings is 1. The Morgan fingerprint density at radius 3 is 2.67 bits per heavy atom. The minimum Gasteiger partial charge on any atom is -0.312 e. The van der Waals surface area contributed by atoms with E-state index in [1.165, 1.54) is 11.3 Å². The first-order valence-electron chi connectivity index (χ1n) is 5.45. The van der Waals surface area contributed by atoms with Gasteiger partial charge in [-0.3, -0.25) is 0 Å². The van der Waals surface area contributed by atoms with Crippen molar-refractivity contribution < 1.29 is 9.63 Å². The molecule has 0 bridgehead atoms. The van der Waals surface area contributed by atoms with Gasteiger partial charge in [-0.2, -0.15) is 0 Å². The first-order chi connectivity index (χ1) is 8.84. The Morgan fingerprint density at radius 2 is 1.94 bits per heavy atom. The Labute approximate surface area is 108 Å². The summed E-state index contributed by atoms with van der Waals surface area (Å²) in [5, 5.41) is 5.79. The van der Waals surface area contributed by atoms with Gasteiger partial charge in [0, 0.05) is 0 Å². The zero-order valence-electron chi connectivity index (χ0n) is 9.37. The van der Waals surface area contributed by atoms with Gasteiger partial charge < -0.3 is 4.84 Å². The number of carbonyl (C=O) groups is 1. The first-order valence-corrected chi connectivity index (χ1v) is 6.33. The van der Waals surface area contributed by atoms with Crippen LogP contribution in [0.4, 0.5) is 0 Å². The molecule has 0 saturated heterocycles. The number of hydrogen-bond donors (Lipinski definition) is 0. The van der Waals surface area contributed by atoms with Crippen molar-refractivity contribution in [1.29, 1.82) is 0 Å². The Bertz CT molecular complexity index is 627. The third-order valence-electron chi connectivity index (χ3n) is 2.56. The molecular formula is C14H9NO2S. The van der Waals surface area contributed by atoms with Gasteiger partial charge in [0.05, 0.1) is 10.5 Å². The predicted molar refractivity (Wildman–Crippen MR) is 71.4 cm³/mol. The Morgan fingerprint density at radius 1 is 1.11 bits per heavy atom. The van der Waals surface area contributed by atoms with Crippen molar-refractivity contribution in [3.05, 3.63) is 63.9 Å². The molecule has 0 saturated carbocycles. The highest BCUT2D eigenvalue weighted by Gasteiger charge is 2.27. The summed E-state index contributed by atoms with van der Waals surface area (Å²) in [4.78, 5) is 17.4. The maximum Gasteiger partial charge on any atom is 0.368 e. The van der Waals surface area contributed by atoms with Crippen molar-refractivity contribution in [3.8, 4) is 0 Å². The molecule has 3 nitrogen and oxygen atoms in total. The normalized spacial score (nSPS) is 16.8. The second kappa shape index (κ2) is 4.58. The van der Waals surface area contributed by atoms with Crippen LogP contribution in [0.2, 0.25) is 0 Å². The lowest BCUT2D eigenvalue weighted by Crippen LogP contribution is -2.05. The summed E-state index contributed by atoms with van der Waals surface area (Å²) >= 11 is 1.53. The van der Waals surface area contributed by atoms with Gasteiger partial charge in [0.1, 0.15) is 5.71 Å². The van der Waals surface area contributed by atoms with E-state index in [0.29, 0.717) is 11.3 Å². The van der Waals surface area contributed by atoms with Crippen LogP contribution >= 0.6 is 11.3 Å². The number of benzene rings is 1. The van der Waals surface area contributed by atoms with Crippen LogP contribution in [0.25, 0.3) is 6.08 Å². The minimum absolute atomic E-state index is 0.401. The van der Waals surface area contributed by atoms with Gasteiger partial charge >= 0.3 is 5.97 Å². The molecule has 1 aliphatic heterocycles. The van der Waals surface area contributed by atoms with Gasteiger partial charge in [0.25, 0.3) is 0 Å². The summed E-state index contributed by atoms with van der Waals surface area (Å²) in [6.45, 7) is 0. The number of rotatable bonds is 2. The highest BCUT2D eigenvalue weighted by molar-refractivity contribution is 7.12. The molecule has 18 heavy (non-hydrogen) atoms. The van der Waals surface area contributed by atoms with Crippen LogP contribution in [-0.4, -0.2) is 11.7 Å². The van der Waals surface area contributed by atoms with Crippen molar-refractivity contribution >= 4 is 29.1 Å². The number of hydrogen-bond acceptors (Lipinski definition) is 4. The van der Waals surface area contributed by atoms with Gasteiger partial charge in [-0.05, 0) is 23.1 Å². The molecule has 0 amide bonds. The van der Waals surface area contributed by atoms with Crippen molar-refractivity contribution in [2.24, 2.45) is 5.16 Å². The summed E-state index contributed by atoms with van der Waals surface area (Å²) in [5.74, 6) is -0.401. The zero-order chi connectivity index (χ0) is 12.4. The van der Waals surface area contributed by atoms with Gasteiger partial charge in [0.15, 0.2) is 0 Å². The topological polar surface area (TPSA) is 38.7 Å². The van der Waals surface area contributed by atoms with E-state index in [9.17, 15) is 4.79 Å². The molecule has 2 heterocycles. The molecule has 0 radical (unpaired) electrons. The van der Waals surface area contributed by atoms with E-state index in [4.69, 9.17) is 4.84 Å². The number of carbonyl (C=O) groups excluding carboxylic acids is 1. The second-order valence-electron chi connectivity index (χ2n) is 3.76. The number of oxime groups is 1. The maximum absolute atomic E-state index is 11.7. The van der Waals surface area contributed by atoms with E-state index in [0.717, 1.165) is 10.4 Å². The molecule has 1 aromatic heterocycles. The molecule has 4 heteroatoms. The summed E-state index contributed by atoms with van der Waals surface area (Å²) < 4.78 is 0. The van der Waals surface area contributed by atoms with Crippen LogP contribution in [0.3, 0.4) is 0 Å². The molecule has 2 aromatic rings. The Kier molecular flexibility index (Phi) is 2.78. The fourth-order valence-corrected chi connectivity index (χ4v) is 2.44. The summed E-state index contributed by atoms with van der Waals surface area (Å²) in [5.41, 5.74) is 2.07. The average molecular weight is 255 g/mol. The first kappa shape index (κ1) is 10.9. The van der Waals surface area contributed by atoms with Gasteiger partial charge in [-0.15, -0.1) is 11.3 Å². The molecule has 0 unspecified atom stereocenters. The molecule has 0 spiro atoms.